The Morgan fingerprint density at radius 1 is 0.824 bits per heavy atom. The van der Waals surface area contributed by atoms with Crippen molar-refractivity contribution in [2.24, 2.45) is 5.92 Å². The fourth-order valence-electron chi connectivity index (χ4n) is 6.55. The molecule has 2 heterocycles. The average molecular weight is 713 g/mol. The molecule has 13 heteroatoms. The summed E-state index contributed by atoms with van der Waals surface area (Å²) in [6, 6.07) is 18.3. The molecule has 1 amide bonds. The van der Waals surface area contributed by atoms with E-state index in [-0.39, 0.29) is 31.3 Å². The lowest BCUT2D eigenvalue weighted by molar-refractivity contribution is -0.276. The number of aliphatic hydroxyl groups is 1. The van der Waals surface area contributed by atoms with Crippen LogP contribution in [-0.4, -0.2) is 49.3 Å². The molecular formula is C38H37F5N2O6. The summed E-state index contributed by atoms with van der Waals surface area (Å²) < 4.78 is 93.1. The lowest BCUT2D eigenvalue weighted by atomic mass is 9.89. The Balaban J connectivity index is 1.19. The number of halogens is 5. The van der Waals surface area contributed by atoms with Crippen molar-refractivity contribution in [1.29, 1.82) is 0 Å². The number of hydrogen-bond donors (Lipinski definition) is 2. The molecule has 51 heavy (non-hydrogen) atoms. The van der Waals surface area contributed by atoms with Crippen molar-refractivity contribution in [1.82, 2.24) is 10.2 Å². The lowest BCUT2D eigenvalue weighted by Gasteiger charge is -2.43. The van der Waals surface area contributed by atoms with Crippen molar-refractivity contribution >= 4 is 5.91 Å². The first-order valence-corrected chi connectivity index (χ1v) is 16.4. The van der Waals surface area contributed by atoms with E-state index in [1.807, 2.05) is 36.4 Å². The first-order chi connectivity index (χ1) is 24.5. The number of methoxy groups -OCH3 is 2. The standard InChI is InChI=1S/C38H37F5N2O6/c1-20-29(18-45-13-12-25-14-27(48-2)28(49-3)15-26(25)17-45)50-38(51-36(20)23-8-6-22(19-46)7-9-23)24-10-4-21(5-11-24)16-44-37(47)30-31(39)33(41)35(43)34(42)32(30)40/h4-11,14-15,20,29,36,38,46H,12-13,16-19H2,1-3H3,(H,44,47)/t20-,29+,36+,38+/m0/s1. The topological polar surface area (TPSA) is 89.5 Å². The van der Waals surface area contributed by atoms with E-state index in [2.05, 4.69) is 17.1 Å². The van der Waals surface area contributed by atoms with E-state index in [9.17, 15) is 31.9 Å². The van der Waals surface area contributed by atoms with Gasteiger partial charge in [-0.2, -0.15) is 0 Å². The maximum Gasteiger partial charge on any atom is 0.257 e. The highest BCUT2D eigenvalue weighted by atomic mass is 19.2. The molecule has 270 valence electrons. The average Bonchev–Trinajstić information content (AvgIpc) is 3.16. The highest BCUT2D eigenvalue weighted by Crippen LogP contribution is 2.42. The number of benzene rings is 4. The van der Waals surface area contributed by atoms with Crippen LogP contribution in [0.25, 0.3) is 0 Å². The third-order valence-electron chi connectivity index (χ3n) is 9.50. The summed E-state index contributed by atoms with van der Waals surface area (Å²) in [5, 5.41) is 11.8. The molecule has 2 aliphatic rings. The Morgan fingerprint density at radius 3 is 2.00 bits per heavy atom. The van der Waals surface area contributed by atoms with Crippen molar-refractivity contribution in [2.75, 3.05) is 27.3 Å². The summed E-state index contributed by atoms with van der Waals surface area (Å²) in [5.74, 6) is -11.3. The zero-order valence-corrected chi connectivity index (χ0v) is 28.2. The second kappa shape index (κ2) is 15.4. The number of aliphatic hydroxyl groups excluding tert-OH is 1. The van der Waals surface area contributed by atoms with E-state index in [1.165, 1.54) is 5.56 Å². The number of rotatable bonds is 10. The molecule has 8 nitrogen and oxygen atoms in total. The van der Waals surface area contributed by atoms with Crippen LogP contribution >= 0.6 is 0 Å². The molecule has 4 aromatic carbocycles. The first kappa shape index (κ1) is 36.2. The third kappa shape index (κ3) is 7.43. The largest absolute Gasteiger partial charge is 0.493 e. The van der Waals surface area contributed by atoms with Crippen LogP contribution in [-0.2, 0) is 35.6 Å². The van der Waals surface area contributed by atoms with Crippen molar-refractivity contribution < 1.29 is 50.8 Å². The Kier molecular flexibility index (Phi) is 10.9. The fraction of sp³-hybridized carbons (Fsp3) is 0.342. The molecule has 0 aromatic heterocycles. The maximum atomic E-state index is 14.1. The first-order valence-electron chi connectivity index (χ1n) is 16.4. The Bertz CT molecular complexity index is 1860. The van der Waals surface area contributed by atoms with E-state index >= 15 is 0 Å². The highest BCUT2D eigenvalue weighted by Gasteiger charge is 2.39. The van der Waals surface area contributed by atoms with Gasteiger partial charge in [-0.1, -0.05) is 55.5 Å². The quantitative estimate of drug-likeness (QED) is 0.108. The number of nitrogens with one attached hydrogen (secondary N) is 1. The van der Waals surface area contributed by atoms with Gasteiger partial charge in [0.25, 0.3) is 5.91 Å². The molecule has 1 fully saturated rings. The van der Waals surface area contributed by atoms with Crippen LogP contribution < -0.4 is 14.8 Å². The highest BCUT2D eigenvalue weighted by molar-refractivity contribution is 5.94. The molecule has 6 rings (SSSR count). The molecule has 0 saturated carbocycles. The van der Waals surface area contributed by atoms with Crippen LogP contribution in [0.1, 0.15) is 63.1 Å². The monoisotopic (exact) mass is 712 g/mol. The Hall–Kier alpha value is -4.56. The van der Waals surface area contributed by atoms with Crippen LogP contribution in [0.5, 0.6) is 11.5 Å². The van der Waals surface area contributed by atoms with Gasteiger partial charge in [0.05, 0.1) is 33.0 Å². The number of carbonyl (C=O) groups is 1. The summed E-state index contributed by atoms with van der Waals surface area (Å²) in [6.45, 7) is 3.85. The molecule has 2 aliphatic heterocycles. The van der Waals surface area contributed by atoms with Crippen molar-refractivity contribution in [3.05, 3.63) is 129 Å². The lowest BCUT2D eigenvalue weighted by Crippen LogP contribution is -2.45. The van der Waals surface area contributed by atoms with Gasteiger partial charge < -0.3 is 29.4 Å². The molecule has 1 saturated heterocycles. The van der Waals surface area contributed by atoms with E-state index in [0.29, 0.717) is 35.7 Å². The van der Waals surface area contributed by atoms with Crippen LogP contribution in [0.4, 0.5) is 22.0 Å². The van der Waals surface area contributed by atoms with E-state index in [1.54, 1.807) is 38.5 Å². The van der Waals surface area contributed by atoms with Crippen molar-refractivity contribution in [3.8, 4) is 11.5 Å². The van der Waals surface area contributed by atoms with Crippen molar-refractivity contribution in [2.45, 2.75) is 51.5 Å². The van der Waals surface area contributed by atoms with Gasteiger partial charge in [-0.3, -0.25) is 9.69 Å². The molecule has 0 bridgehead atoms. The zero-order chi connectivity index (χ0) is 36.4. The van der Waals surface area contributed by atoms with Crippen LogP contribution in [0.2, 0.25) is 0 Å². The minimum Gasteiger partial charge on any atom is -0.493 e. The number of hydrogen-bond acceptors (Lipinski definition) is 7. The van der Waals surface area contributed by atoms with Gasteiger partial charge in [0.2, 0.25) is 5.82 Å². The molecule has 4 aromatic rings. The van der Waals surface area contributed by atoms with Gasteiger partial charge in [0.1, 0.15) is 5.56 Å². The van der Waals surface area contributed by atoms with E-state index in [0.717, 1.165) is 29.7 Å². The SMILES string of the molecule is COc1cc2c(cc1OC)CN(C[C@H]1O[C@@H](c3ccc(CNC(=O)c4c(F)c(F)c(F)c(F)c4F)cc3)O[C@@H](c3ccc(CO)cc3)[C@H]1C)CC2. The molecule has 0 radical (unpaired) electrons. The van der Waals surface area contributed by atoms with Crippen LogP contribution in [0.3, 0.4) is 0 Å². The molecule has 2 N–H and O–H groups in total. The Labute approximate surface area is 291 Å². The summed E-state index contributed by atoms with van der Waals surface area (Å²) in [7, 11) is 3.23. The number of amides is 1. The molecule has 0 unspecified atom stereocenters. The van der Waals surface area contributed by atoms with E-state index < -0.39 is 46.8 Å². The predicted octanol–water partition coefficient (Wildman–Crippen LogP) is 6.67. The third-order valence-corrected chi connectivity index (χ3v) is 9.50. The minimum atomic E-state index is -2.34. The number of fused-ring (bicyclic) bond motifs is 1. The second-order valence-electron chi connectivity index (χ2n) is 12.7. The van der Waals surface area contributed by atoms with Gasteiger partial charge in [0.15, 0.2) is 41.1 Å². The number of nitrogens with zero attached hydrogens (tertiary/aromatic N) is 1. The normalized spacial score (nSPS) is 20.5. The summed E-state index contributed by atoms with van der Waals surface area (Å²) in [6.07, 6.45) is -0.575. The smallest absolute Gasteiger partial charge is 0.257 e. The molecular weight excluding hydrogens is 675 g/mol. The van der Waals surface area contributed by atoms with Gasteiger partial charge >= 0.3 is 0 Å². The van der Waals surface area contributed by atoms with Gasteiger partial charge in [-0.15, -0.1) is 0 Å². The van der Waals surface area contributed by atoms with Crippen LogP contribution in [0.15, 0.2) is 60.7 Å². The predicted molar refractivity (Wildman–Crippen MR) is 175 cm³/mol. The van der Waals surface area contributed by atoms with Crippen LogP contribution in [0, 0.1) is 35.0 Å². The van der Waals surface area contributed by atoms with E-state index in [4.69, 9.17) is 18.9 Å². The van der Waals surface area contributed by atoms with Gasteiger partial charge in [-0.25, -0.2) is 22.0 Å². The Morgan fingerprint density at radius 2 is 1.39 bits per heavy atom. The molecule has 4 atom stereocenters. The van der Waals surface area contributed by atoms with Gasteiger partial charge in [-0.05, 0) is 46.4 Å². The fourth-order valence-corrected chi connectivity index (χ4v) is 6.55. The summed E-state index contributed by atoms with van der Waals surface area (Å²) >= 11 is 0. The number of carbonyl (C=O) groups excluding carboxylic acids is 1. The van der Waals surface area contributed by atoms with Gasteiger partial charge in [0, 0.05) is 37.7 Å². The molecule has 0 spiro atoms. The zero-order valence-electron chi connectivity index (χ0n) is 28.2. The summed E-state index contributed by atoms with van der Waals surface area (Å²) in [5.41, 5.74) is 3.65. The maximum absolute atomic E-state index is 14.1. The summed E-state index contributed by atoms with van der Waals surface area (Å²) in [4.78, 5) is 14.8. The number of ether oxygens (including phenoxy) is 4. The second-order valence-corrected chi connectivity index (χ2v) is 12.7. The molecule has 0 aliphatic carbocycles. The van der Waals surface area contributed by atoms with Crippen molar-refractivity contribution in [3.63, 3.8) is 0 Å². The minimum absolute atomic E-state index is 0.0653.